The van der Waals surface area contributed by atoms with Gasteiger partial charge in [-0.05, 0) is 34.1 Å². The number of carbonyl (C=O) groups excluding carboxylic acids is 1. The maximum Gasteiger partial charge on any atom is 0.150 e. The topological polar surface area (TPSA) is 26.3 Å². The van der Waals surface area contributed by atoms with Crippen LogP contribution in [0.4, 0.5) is 0 Å². The van der Waals surface area contributed by atoms with Gasteiger partial charge in [-0.25, -0.2) is 0 Å². The Bertz CT molecular complexity index is 288. The van der Waals surface area contributed by atoms with E-state index in [1.54, 1.807) is 0 Å². The number of hydrogen-bond donors (Lipinski definition) is 0. The van der Waals surface area contributed by atoms with E-state index in [9.17, 15) is 4.79 Å². The molecule has 0 aliphatic carbocycles. The number of carbonyl (C=O) groups is 1. The molecule has 15 heavy (non-hydrogen) atoms. The third kappa shape index (κ3) is 4.05. The lowest BCUT2D eigenvalue weighted by Crippen LogP contribution is -2.21. The fourth-order valence-electron chi connectivity index (χ4n) is 1.68. The number of ketones is 1. The van der Waals surface area contributed by atoms with Gasteiger partial charge in [-0.1, -0.05) is 11.8 Å². The molecule has 0 bridgehead atoms. The Morgan fingerprint density at radius 1 is 1.47 bits per heavy atom. The highest BCUT2D eigenvalue weighted by molar-refractivity contribution is 5.84. The number of ether oxygens (including phenoxy) is 1. The summed E-state index contributed by atoms with van der Waals surface area (Å²) in [5.74, 6) is 6.35. The molecule has 1 aliphatic rings. The van der Waals surface area contributed by atoms with Crippen molar-refractivity contribution in [3.63, 3.8) is 0 Å². The zero-order chi connectivity index (χ0) is 11.5. The molecule has 0 saturated carbocycles. The molecular formula is C13H20O2. The first-order valence-electron chi connectivity index (χ1n) is 5.54. The summed E-state index contributed by atoms with van der Waals surface area (Å²) in [7, 11) is 0. The van der Waals surface area contributed by atoms with Gasteiger partial charge in [0.1, 0.15) is 5.78 Å². The van der Waals surface area contributed by atoms with Gasteiger partial charge in [0.15, 0.2) is 0 Å². The standard InChI is InChI=1S/C13H20O2/c1-10-11(7-9-15-10)12(14)6-5-8-13(2,3)4/h10-11H,6-7,9H2,1-4H3. The van der Waals surface area contributed by atoms with Gasteiger partial charge in [0.2, 0.25) is 0 Å². The molecule has 2 atom stereocenters. The number of Topliss-reactive ketones (excluding diaryl/α,β-unsaturated/α-hetero) is 1. The first-order valence-corrected chi connectivity index (χ1v) is 5.54. The molecule has 0 aromatic rings. The van der Waals surface area contributed by atoms with Crippen LogP contribution in [0.15, 0.2) is 0 Å². The molecule has 1 aliphatic heterocycles. The fraction of sp³-hybridized carbons (Fsp3) is 0.769. The van der Waals surface area contributed by atoms with Crippen LogP contribution in [0.2, 0.25) is 0 Å². The van der Waals surface area contributed by atoms with Crippen LogP contribution < -0.4 is 0 Å². The largest absolute Gasteiger partial charge is 0.378 e. The molecule has 0 amide bonds. The van der Waals surface area contributed by atoms with Crippen molar-refractivity contribution < 1.29 is 9.53 Å². The van der Waals surface area contributed by atoms with E-state index in [1.807, 2.05) is 27.7 Å². The van der Waals surface area contributed by atoms with E-state index in [0.717, 1.165) is 6.42 Å². The summed E-state index contributed by atoms with van der Waals surface area (Å²) >= 11 is 0. The first-order chi connectivity index (χ1) is 6.90. The van der Waals surface area contributed by atoms with Crippen molar-refractivity contribution in [3.05, 3.63) is 0 Å². The third-order valence-corrected chi connectivity index (χ3v) is 2.52. The van der Waals surface area contributed by atoms with Crippen molar-refractivity contribution in [3.8, 4) is 11.8 Å². The predicted molar refractivity (Wildman–Crippen MR) is 60.4 cm³/mol. The van der Waals surface area contributed by atoms with E-state index in [-0.39, 0.29) is 23.2 Å². The highest BCUT2D eigenvalue weighted by Gasteiger charge is 2.29. The summed E-state index contributed by atoms with van der Waals surface area (Å²) in [5, 5.41) is 0. The Morgan fingerprint density at radius 3 is 2.60 bits per heavy atom. The normalized spacial score (nSPS) is 25.9. The lowest BCUT2D eigenvalue weighted by molar-refractivity contribution is -0.123. The minimum Gasteiger partial charge on any atom is -0.378 e. The van der Waals surface area contributed by atoms with Crippen LogP contribution in [0.5, 0.6) is 0 Å². The van der Waals surface area contributed by atoms with Crippen molar-refractivity contribution in [2.24, 2.45) is 11.3 Å². The molecule has 2 heteroatoms. The van der Waals surface area contributed by atoms with Gasteiger partial charge in [-0.3, -0.25) is 4.79 Å². The molecule has 0 spiro atoms. The molecular weight excluding hydrogens is 188 g/mol. The van der Waals surface area contributed by atoms with Crippen LogP contribution in [0.25, 0.3) is 0 Å². The van der Waals surface area contributed by atoms with Gasteiger partial charge in [0.05, 0.1) is 12.5 Å². The zero-order valence-corrected chi connectivity index (χ0v) is 10.1. The molecule has 0 radical (unpaired) electrons. The van der Waals surface area contributed by atoms with E-state index in [0.29, 0.717) is 13.0 Å². The molecule has 0 aromatic heterocycles. The fourth-order valence-corrected chi connectivity index (χ4v) is 1.68. The molecule has 84 valence electrons. The van der Waals surface area contributed by atoms with Gasteiger partial charge in [-0.15, -0.1) is 0 Å². The molecule has 1 heterocycles. The Morgan fingerprint density at radius 2 is 2.13 bits per heavy atom. The van der Waals surface area contributed by atoms with E-state index in [4.69, 9.17) is 4.74 Å². The summed E-state index contributed by atoms with van der Waals surface area (Å²) < 4.78 is 5.36. The maximum absolute atomic E-state index is 11.8. The summed E-state index contributed by atoms with van der Waals surface area (Å²) in [4.78, 5) is 11.8. The zero-order valence-electron chi connectivity index (χ0n) is 10.1. The van der Waals surface area contributed by atoms with Gasteiger partial charge in [-0.2, -0.15) is 0 Å². The molecule has 2 nitrogen and oxygen atoms in total. The van der Waals surface area contributed by atoms with Crippen LogP contribution in [-0.2, 0) is 9.53 Å². The van der Waals surface area contributed by atoms with Crippen LogP contribution in [0.3, 0.4) is 0 Å². The monoisotopic (exact) mass is 208 g/mol. The second-order valence-corrected chi connectivity index (χ2v) is 5.17. The van der Waals surface area contributed by atoms with E-state index in [1.165, 1.54) is 0 Å². The molecule has 1 fully saturated rings. The van der Waals surface area contributed by atoms with E-state index in [2.05, 4.69) is 11.8 Å². The maximum atomic E-state index is 11.8. The Hall–Kier alpha value is -0.810. The van der Waals surface area contributed by atoms with Crippen LogP contribution in [0, 0.1) is 23.2 Å². The molecule has 1 rings (SSSR count). The van der Waals surface area contributed by atoms with Crippen molar-refractivity contribution in [1.29, 1.82) is 0 Å². The average molecular weight is 208 g/mol. The Kier molecular flexibility index (Phi) is 3.93. The van der Waals surface area contributed by atoms with Crippen molar-refractivity contribution in [2.75, 3.05) is 6.61 Å². The van der Waals surface area contributed by atoms with Crippen LogP contribution >= 0.6 is 0 Å². The molecule has 0 N–H and O–H groups in total. The summed E-state index contributed by atoms with van der Waals surface area (Å²) in [5.41, 5.74) is -0.0158. The van der Waals surface area contributed by atoms with Crippen LogP contribution in [-0.4, -0.2) is 18.5 Å². The number of hydrogen-bond acceptors (Lipinski definition) is 2. The summed E-state index contributed by atoms with van der Waals surface area (Å²) in [6.07, 6.45) is 1.31. The second-order valence-electron chi connectivity index (χ2n) is 5.17. The van der Waals surface area contributed by atoms with E-state index >= 15 is 0 Å². The highest BCUT2D eigenvalue weighted by Crippen LogP contribution is 2.22. The first kappa shape index (κ1) is 12.3. The third-order valence-electron chi connectivity index (χ3n) is 2.52. The summed E-state index contributed by atoms with van der Waals surface area (Å²) in [6.45, 7) is 8.82. The quantitative estimate of drug-likeness (QED) is 0.651. The highest BCUT2D eigenvalue weighted by atomic mass is 16.5. The average Bonchev–Trinajstić information content (AvgIpc) is 2.48. The second kappa shape index (κ2) is 4.81. The van der Waals surface area contributed by atoms with Crippen molar-refractivity contribution in [2.45, 2.75) is 46.6 Å². The lowest BCUT2D eigenvalue weighted by Gasteiger charge is -2.11. The van der Waals surface area contributed by atoms with Gasteiger partial charge < -0.3 is 4.74 Å². The molecule has 2 unspecified atom stereocenters. The van der Waals surface area contributed by atoms with Crippen LogP contribution in [0.1, 0.15) is 40.5 Å². The summed E-state index contributed by atoms with van der Waals surface area (Å²) in [6, 6.07) is 0. The van der Waals surface area contributed by atoms with Crippen molar-refractivity contribution >= 4 is 5.78 Å². The van der Waals surface area contributed by atoms with Gasteiger partial charge >= 0.3 is 0 Å². The SMILES string of the molecule is CC1OCCC1C(=O)CC#CC(C)(C)C. The van der Waals surface area contributed by atoms with Crippen molar-refractivity contribution in [1.82, 2.24) is 0 Å². The molecule has 0 aromatic carbocycles. The molecule has 1 saturated heterocycles. The minimum absolute atomic E-state index is 0.0158. The Labute approximate surface area is 92.4 Å². The lowest BCUT2D eigenvalue weighted by atomic mass is 9.94. The predicted octanol–water partition coefficient (Wildman–Crippen LogP) is 2.42. The van der Waals surface area contributed by atoms with E-state index < -0.39 is 0 Å². The number of rotatable bonds is 2. The van der Waals surface area contributed by atoms with Gasteiger partial charge in [0.25, 0.3) is 0 Å². The minimum atomic E-state index is -0.0158. The Balaban J connectivity index is 2.45. The van der Waals surface area contributed by atoms with Gasteiger partial charge in [0, 0.05) is 17.9 Å². The smallest absolute Gasteiger partial charge is 0.150 e.